The molecule has 12 heavy (non-hydrogen) atoms. The van der Waals surface area contributed by atoms with Crippen LogP contribution in [-0.2, 0) is 4.74 Å². The molecule has 1 aliphatic carbocycles. The predicted octanol–water partition coefficient (Wildman–Crippen LogP) is -1.26. The lowest BCUT2D eigenvalue weighted by molar-refractivity contribution is -0.178. The smallest absolute Gasteiger partial charge is 0.0993 e. The van der Waals surface area contributed by atoms with Gasteiger partial charge in [0.25, 0.3) is 0 Å². The molecule has 4 unspecified atom stereocenters. The summed E-state index contributed by atoms with van der Waals surface area (Å²) in [6.07, 6.45) is 0.0989. The van der Waals surface area contributed by atoms with Gasteiger partial charge in [-0.1, -0.05) is 0 Å². The van der Waals surface area contributed by atoms with Crippen LogP contribution < -0.4 is 0 Å². The number of aliphatic hydroxyl groups is 3. The maximum Gasteiger partial charge on any atom is 0.0993 e. The Morgan fingerprint density at radius 3 is 2.67 bits per heavy atom. The lowest BCUT2D eigenvalue weighted by Gasteiger charge is -2.47. The third-order valence-electron chi connectivity index (χ3n) is 3.17. The van der Waals surface area contributed by atoms with E-state index in [-0.39, 0.29) is 25.0 Å². The third kappa shape index (κ3) is 0.864. The lowest BCUT2D eigenvalue weighted by atomic mass is 9.64. The van der Waals surface area contributed by atoms with Gasteiger partial charge in [0.05, 0.1) is 24.9 Å². The highest BCUT2D eigenvalue weighted by atomic mass is 16.5. The Morgan fingerprint density at radius 2 is 2.17 bits per heavy atom. The molecule has 0 radical (unpaired) electrons. The molecule has 70 valence electrons. The largest absolute Gasteiger partial charge is 0.396 e. The Hall–Kier alpha value is -0.160. The van der Waals surface area contributed by atoms with Gasteiger partial charge in [0.1, 0.15) is 0 Å². The summed E-state index contributed by atoms with van der Waals surface area (Å²) in [7, 11) is 0. The second kappa shape index (κ2) is 2.67. The fourth-order valence-corrected chi connectivity index (χ4v) is 2.46. The van der Waals surface area contributed by atoms with Gasteiger partial charge in [0.15, 0.2) is 0 Å². The van der Waals surface area contributed by atoms with E-state index in [0.717, 1.165) is 0 Å². The number of hydrogen-bond acceptors (Lipinski definition) is 4. The number of ether oxygens (including phenoxy) is 1. The van der Waals surface area contributed by atoms with E-state index < -0.39 is 11.7 Å². The molecule has 0 amide bonds. The van der Waals surface area contributed by atoms with Crippen LogP contribution in [0.25, 0.3) is 0 Å². The minimum Gasteiger partial charge on any atom is -0.396 e. The van der Waals surface area contributed by atoms with Gasteiger partial charge >= 0.3 is 0 Å². The molecule has 2 fully saturated rings. The van der Waals surface area contributed by atoms with Gasteiger partial charge in [-0.25, -0.2) is 0 Å². The Labute approximate surface area is 70.8 Å². The summed E-state index contributed by atoms with van der Waals surface area (Å²) in [4.78, 5) is 0. The zero-order valence-electron chi connectivity index (χ0n) is 6.81. The van der Waals surface area contributed by atoms with E-state index in [1.54, 1.807) is 0 Å². The number of aliphatic hydroxyl groups excluding tert-OH is 3. The number of fused-ring (bicyclic) bond motifs is 1. The van der Waals surface area contributed by atoms with Crippen LogP contribution in [0.3, 0.4) is 0 Å². The van der Waals surface area contributed by atoms with Crippen LogP contribution in [0, 0.1) is 11.8 Å². The summed E-state index contributed by atoms with van der Waals surface area (Å²) in [5.74, 6) is -0.0617. The van der Waals surface area contributed by atoms with Gasteiger partial charge in [-0.2, -0.15) is 0 Å². The second-order valence-corrected chi connectivity index (χ2v) is 3.77. The first-order chi connectivity index (χ1) is 5.73. The van der Waals surface area contributed by atoms with Crippen LogP contribution in [0.2, 0.25) is 0 Å². The van der Waals surface area contributed by atoms with E-state index in [1.165, 1.54) is 0 Å². The maximum atomic E-state index is 9.41. The first-order valence-corrected chi connectivity index (χ1v) is 4.27. The molecular weight excluding hydrogens is 160 g/mol. The molecule has 0 aromatic rings. The van der Waals surface area contributed by atoms with Crippen molar-refractivity contribution >= 4 is 0 Å². The predicted molar refractivity (Wildman–Crippen MR) is 40.5 cm³/mol. The Balaban J connectivity index is 2.12. The minimum atomic E-state index is -0.535. The average Bonchev–Trinajstić information content (AvgIpc) is 2.37. The van der Waals surface area contributed by atoms with E-state index in [2.05, 4.69) is 0 Å². The van der Waals surface area contributed by atoms with Gasteiger partial charge in [-0.15, -0.1) is 0 Å². The highest BCUT2D eigenvalue weighted by Crippen LogP contribution is 2.50. The summed E-state index contributed by atoms with van der Waals surface area (Å²) in [5, 5.41) is 27.4. The van der Waals surface area contributed by atoms with Crippen molar-refractivity contribution in [2.75, 3.05) is 19.8 Å². The van der Waals surface area contributed by atoms with E-state index in [9.17, 15) is 5.11 Å². The molecule has 1 saturated carbocycles. The highest BCUT2D eigenvalue weighted by molar-refractivity contribution is 5.09. The Kier molecular flexibility index (Phi) is 1.88. The fraction of sp³-hybridized carbons (Fsp3) is 1.00. The standard InChI is InChI=1S/C8H14O4/c9-2-5-3-12-8(4-10)1-6(11)7(5)8/h5-7,9-11H,1-4H2. The van der Waals surface area contributed by atoms with Crippen molar-refractivity contribution in [2.45, 2.75) is 18.1 Å². The monoisotopic (exact) mass is 174 g/mol. The molecule has 0 aromatic heterocycles. The van der Waals surface area contributed by atoms with Crippen LogP contribution >= 0.6 is 0 Å². The normalized spacial score (nSPS) is 51.8. The van der Waals surface area contributed by atoms with Crippen LogP contribution in [0.4, 0.5) is 0 Å². The molecule has 4 atom stereocenters. The van der Waals surface area contributed by atoms with E-state index in [1.807, 2.05) is 0 Å². The van der Waals surface area contributed by atoms with Crippen LogP contribution in [0.5, 0.6) is 0 Å². The van der Waals surface area contributed by atoms with Crippen molar-refractivity contribution in [2.24, 2.45) is 11.8 Å². The first kappa shape index (κ1) is 8.44. The highest BCUT2D eigenvalue weighted by Gasteiger charge is 2.61. The quantitative estimate of drug-likeness (QED) is 0.488. The summed E-state index contributed by atoms with van der Waals surface area (Å²) in [6.45, 7) is 0.438. The van der Waals surface area contributed by atoms with Crippen molar-refractivity contribution < 1.29 is 20.1 Å². The molecule has 4 heteroatoms. The summed E-state index contributed by atoms with van der Waals surface area (Å²) in [5.41, 5.74) is -0.535. The van der Waals surface area contributed by atoms with E-state index in [4.69, 9.17) is 14.9 Å². The maximum absolute atomic E-state index is 9.41. The minimum absolute atomic E-state index is 0.000833. The van der Waals surface area contributed by atoms with E-state index in [0.29, 0.717) is 13.0 Å². The second-order valence-electron chi connectivity index (χ2n) is 3.77. The van der Waals surface area contributed by atoms with Crippen LogP contribution in [0.1, 0.15) is 6.42 Å². The molecule has 4 nitrogen and oxygen atoms in total. The van der Waals surface area contributed by atoms with Gasteiger partial charge in [-0.3, -0.25) is 0 Å². The fourth-order valence-electron chi connectivity index (χ4n) is 2.46. The molecule has 2 rings (SSSR count). The summed E-state index contributed by atoms with van der Waals surface area (Å²) >= 11 is 0. The van der Waals surface area contributed by atoms with E-state index >= 15 is 0 Å². The zero-order chi connectivity index (χ0) is 8.77. The summed E-state index contributed by atoms with van der Waals surface area (Å²) in [6, 6.07) is 0. The Bertz CT molecular complexity index is 184. The SMILES string of the molecule is OCC1COC2(CO)CC(O)C12. The molecular formula is C8H14O4. The molecule has 0 bridgehead atoms. The third-order valence-corrected chi connectivity index (χ3v) is 3.17. The van der Waals surface area contributed by atoms with Gasteiger partial charge in [0.2, 0.25) is 0 Å². The number of hydrogen-bond donors (Lipinski definition) is 3. The van der Waals surface area contributed by atoms with Crippen molar-refractivity contribution in [1.29, 1.82) is 0 Å². The molecule has 3 N–H and O–H groups in total. The zero-order valence-corrected chi connectivity index (χ0v) is 6.81. The molecule has 2 aliphatic rings. The Morgan fingerprint density at radius 1 is 1.42 bits per heavy atom. The van der Waals surface area contributed by atoms with Crippen LogP contribution in [0.15, 0.2) is 0 Å². The molecule has 1 saturated heterocycles. The summed E-state index contributed by atoms with van der Waals surface area (Å²) < 4.78 is 5.39. The van der Waals surface area contributed by atoms with Crippen molar-refractivity contribution in [3.63, 3.8) is 0 Å². The molecule has 1 aliphatic heterocycles. The lowest BCUT2D eigenvalue weighted by Crippen LogP contribution is -2.59. The average molecular weight is 174 g/mol. The van der Waals surface area contributed by atoms with Gasteiger partial charge in [-0.05, 0) is 0 Å². The number of rotatable bonds is 2. The van der Waals surface area contributed by atoms with Crippen LogP contribution in [-0.4, -0.2) is 46.8 Å². The topological polar surface area (TPSA) is 69.9 Å². The van der Waals surface area contributed by atoms with Gasteiger partial charge < -0.3 is 20.1 Å². The molecule has 0 spiro atoms. The van der Waals surface area contributed by atoms with Crippen molar-refractivity contribution in [1.82, 2.24) is 0 Å². The first-order valence-electron chi connectivity index (χ1n) is 4.27. The molecule has 0 aromatic carbocycles. The molecule has 1 heterocycles. The van der Waals surface area contributed by atoms with Crippen molar-refractivity contribution in [3.8, 4) is 0 Å². The van der Waals surface area contributed by atoms with Gasteiger partial charge in [0, 0.05) is 24.9 Å². The van der Waals surface area contributed by atoms with Crippen molar-refractivity contribution in [3.05, 3.63) is 0 Å².